The molecule has 146 valence electrons. The van der Waals surface area contributed by atoms with Crippen molar-refractivity contribution in [3.05, 3.63) is 66.5 Å². The average molecular weight is 389 g/mol. The summed E-state index contributed by atoms with van der Waals surface area (Å²) in [5, 5.41) is 14.3. The van der Waals surface area contributed by atoms with Crippen LogP contribution in [0.25, 0.3) is 28.0 Å². The van der Waals surface area contributed by atoms with Crippen molar-refractivity contribution < 1.29 is 19.4 Å². The minimum atomic E-state index is -0.354. The summed E-state index contributed by atoms with van der Waals surface area (Å²) in [6.45, 7) is 2.11. The number of nitrogens with zero attached hydrogens (tertiary/aromatic N) is 3. The average Bonchev–Trinajstić information content (AvgIpc) is 3.17. The van der Waals surface area contributed by atoms with E-state index < -0.39 is 0 Å². The van der Waals surface area contributed by atoms with Crippen molar-refractivity contribution in [2.45, 2.75) is 6.92 Å². The standard InChI is InChI=1S/C22H19N3O4/c1-3-29-22(27)16-6-4-5-14(9-16)17-11-21-23-13-18(25(21)24-12-17)15-7-8-19(26)20(10-15)28-2/h4-13,26H,3H2,1-2H3. The largest absolute Gasteiger partial charge is 0.504 e. The number of carbonyl (C=O) groups excluding carboxylic acids is 1. The lowest BCUT2D eigenvalue weighted by molar-refractivity contribution is 0.0526. The van der Waals surface area contributed by atoms with Crippen molar-refractivity contribution in [3.8, 4) is 33.9 Å². The number of phenols is 1. The highest BCUT2D eigenvalue weighted by atomic mass is 16.5. The number of hydrogen-bond acceptors (Lipinski definition) is 6. The first-order valence-corrected chi connectivity index (χ1v) is 9.09. The Morgan fingerprint density at radius 3 is 2.72 bits per heavy atom. The van der Waals surface area contributed by atoms with Gasteiger partial charge in [0, 0.05) is 11.1 Å². The zero-order chi connectivity index (χ0) is 20.4. The van der Waals surface area contributed by atoms with Crippen LogP contribution in [0.5, 0.6) is 11.5 Å². The molecule has 0 saturated heterocycles. The van der Waals surface area contributed by atoms with Crippen molar-refractivity contribution in [3.63, 3.8) is 0 Å². The van der Waals surface area contributed by atoms with Gasteiger partial charge in [-0.1, -0.05) is 12.1 Å². The Morgan fingerprint density at radius 2 is 1.93 bits per heavy atom. The number of imidazole rings is 1. The van der Waals surface area contributed by atoms with Crippen LogP contribution >= 0.6 is 0 Å². The predicted octanol–water partition coefficient (Wildman–Crippen LogP) is 3.95. The van der Waals surface area contributed by atoms with Crippen LogP contribution in [0.15, 0.2) is 60.9 Å². The number of phenolic OH excluding ortho intramolecular Hbond substituents is 1. The molecule has 0 amide bonds. The normalized spacial score (nSPS) is 10.8. The van der Waals surface area contributed by atoms with Crippen molar-refractivity contribution in [2.75, 3.05) is 13.7 Å². The monoisotopic (exact) mass is 389 g/mol. The number of carbonyl (C=O) groups is 1. The van der Waals surface area contributed by atoms with Gasteiger partial charge in [-0.2, -0.15) is 5.10 Å². The molecule has 0 atom stereocenters. The fourth-order valence-corrected chi connectivity index (χ4v) is 3.11. The number of aromatic hydroxyl groups is 1. The molecular formula is C22H19N3O4. The van der Waals surface area contributed by atoms with Crippen molar-refractivity contribution in [2.24, 2.45) is 0 Å². The molecule has 0 radical (unpaired) electrons. The summed E-state index contributed by atoms with van der Waals surface area (Å²) in [4.78, 5) is 16.4. The van der Waals surface area contributed by atoms with Gasteiger partial charge >= 0.3 is 5.97 Å². The summed E-state index contributed by atoms with van der Waals surface area (Å²) < 4.78 is 12.0. The van der Waals surface area contributed by atoms with E-state index in [1.54, 1.807) is 54.2 Å². The highest BCUT2D eigenvalue weighted by Gasteiger charge is 2.12. The maximum atomic E-state index is 12.0. The number of aromatic nitrogens is 3. The highest BCUT2D eigenvalue weighted by molar-refractivity contribution is 5.91. The molecule has 4 aromatic rings. The molecule has 0 saturated carbocycles. The first kappa shape index (κ1) is 18.5. The van der Waals surface area contributed by atoms with Gasteiger partial charge in [-0.15, -0.1) is 0 Å². The zero-order valence-corrected chi connectivity index (χ0v) is 16.0. The maximum absolute atomic E-state index is 12.0. The van der Waals surface area contributed by atoms with Gasteiger partial charge in [-0.3, -0.25) is 0 Å². The minimum Gasteiger partial charge on any atom is -0.504 e. The Labute approximate surface area is 167 Å². The van der Waals surface area contributed by atoms with Gasteiger partial charge in [-0.25, -0.2) is 14.3 Å². The van der Waals surface area contributed by atoms with Gasteiger partial charge in [0.15, 0.2) is 17.1 Å². The second-order valence-electron chi connectivity index (χ2n) is 6.35. The summed E-state index contributed by atoms with van der Waals surface area (Å²) in [7, 11) is 1.50. The first-order chi connectivity index (χ1) is 14.1. The third kappa shape index (κ3) is 3.50. The van der Waals surface area contributed by atoms with E-state index in [1.807, 2.05) is 18.2 Å². The molecule has 0 unspecified atom stereocenters. The van der Waals surface area contributed by atoms with Crippen molar-refractivity contribution in [1.29, 1.82) is 0 Å². The molecule has 0 fully saturated rings. The fraction of sp³-hybridized carbons (Fsp3) is 0.136. The van der Waals surface area contributed by atoms with Gasteiger partial charge < -0.3 is 14.6 Å². The summed E-state index contributed by atoms with van der Waals surface area (Å²) >= 11 is 0. The smallest absolute Gasteiger partial charge is 0.338 e. The molecule has 0 aliphatic carbocycles. The SMILES string of the molecule is CCOC(=O)c1cccc(-c2cnn3c(-c4ccc(O)c(OC)c4)cnc3c2)c1. The van der Waals surface area contributed by atoms with Gasteiger partial charge in [0.2, 0.25) is 0 Å². The molecule has 29 heavy (non-hydrogen) atoms. The van der Waals surface area contributed by atoms with E-state index in [0.717, 1.165) is 22.4 Å². The Kier molecular flexibility index (Phi) is 4.87. The third-order valence-electron chi connectivity index (χ3n) is 4.54. The molecule has 2 aromatic carbocycles. The van der Waals surface area contributed by atoms with E-state index in [4.69, 9.17) is 9.47 Å². The number of fused-ring (bicyclic) bond motifs is 1. The van der Waals surface area contributed by atoms with Crippen LogP contribution in [0.3, 0.4) is 0 Å². The zero-order valence-electron chi connectivity index (χ0n) is 16.0. The van der Waals surface area contributed by atoms with E-state index in [9.17, 15) is 9.90 Å². The Morgan fingerprint density at radius 1 is 1.07 bits per heavy atom. The second kappa shape index (κ2) is 7.63. The first-order valence-electron chi connectivity index (χ1n) is 9.09. The van der Waals surface area contributed by atoms with Crippen LogP contribution in [0.2, 0.25) is 0 Å². The van der Waals surface area contributed by atoms with E-state index >= 15 is 0 Å². The molecule has 7 nitrogen and oxygen atoms in total. The molecule has 1 N–H and O–H groups in total. The molecule has 2 aromatic heterocycles. The number of benzene rings is 2. The number of rotatable bonds is 5. The lowest BCUT2D eigenvalue weighted by Gasteiger charge is -2.08. The topological polar surface area (TPSA) is 86.0 Å². The second-order valence-corrected chi connectivity index (χ2v) is 6.35. The summed E-state index contributed by atoms with van der Waals surface area (Å²) in [6.07, 6.45) is 3.44. The molecule has 0 bridgehead atoms. The summed E-state index contributed by atoms with van der Waals surface area (Å²) in [5.74, 6) is 0.0967. The fourth-order valence-electron chi connectivity index (χ4n) is 3.11. The Hall–Kier alpha value is -3.87. The lowest BCUT2D eigenvalue weighted by Crippen LogP contribution is -2.04. The van der Waals surface area contributed by atoms with Crippen LogP contribution in [0.4, 0.5) is 0 Å². The molecule has 7 heteroatoms. The van der Waals surface area contributed by atoms with Crippen molar-refractivity contribution >= 4 is 11.6 Å². The third-order valence-corrected chi connectivity index (χ3v) is 4.54. The van der Waals surface area contributed by atoms with E-state index in [2.05, 4.69) is 10.1 Å². The summed E-state index contributed by atoms with van der Waals surface area (Å²) in [6, 6.07) is 14.2. The maximum Gasteiger partial charge on any atom is 0.338 e. The molecular weight excluding hydrogens is 370 g/mol. The van der Waals surface area contributed by atoms with Crippen LogP contribution < -0.4 is 4.74 Å². The molecule has 4 rings (SSSR count). The van der Waals surface area contributed by atoms with E-state index in [1.165, 1.54) is 7.11 Å². The molecule has 0 spiro atoms. The van der Waals surface area contributed by atoms with Crippen LogP contribution in [-0.2, 0) is 4.74 Å². The van der Waals surface area contributed by atoms with Crippen molar-refractivity contribution in [1.82, 2.24) is 14.6 Å². The molecule has 0 aliphatic rings. The van der Waals surface area contributed by atoms with E-state index in [-0.39, 0.29) is 11.7 Å². The lowest BCUT2D eigenvalue weighted by atomic mass is 10.1. The minimum absolute atomic E-state index is 0.0711. The number of hydrogen-bond donors (Lipinski definition) is 1. The van der Waals surface area contributed by atoms with Crippen LogP contribution in [-0.4, -0.2) is 39.4 Å². The highest BCUT2D eigenvalue weighted by Crippen LogP contribution is 2.32. The molecule has 0 aliphatic heterocycles. The predicted molar refractivity (Wildman–Crippen MR) is 108 cm³/mol. The van der Waals surface area contributed by atoms with Gasteiger partial charge in [0.25, 0.3) is 0 Å². The summed E-state index contributed by atoms with van der Waals surface area (Å²) in [5.41, 5.74) is 4.42. The molecule has 2 heterocycles. The van der Waals surface area contributed by atoms with Gasteiger partial charge in [0.05, 0.1) is 37.4 Å². The number of esters is 1. The van der Waals surface area contributed by atoms with Gasteiger partial charge in [-0.05, 0) is 48.9 Å². The van der Waals surface area contributed by atoms with E-state index in [0.29, 0.717) is 23.6 Å². The Bertz CT molecular complexity index is 1200. The van der Waals surface area contributed by atoms with Gasteiger partial charge in [0.1, 0.15) is 0 Å². The van der Waals surface area contributed by atoms with Crippen LogP contribution in [0, 0.1) is 0 Å². The quantitative estimate of drug-likeness (QED) is 0.520. The number of ether oxygens (including phenoxy) is 2. The Balaban J connectivity index is 1.72. The van der Waals surface area contributed by atoms with Crippen LogP contribution in [0.1, 0.15) is 17.3 Å². The number of methoxy groups -OCH3 is 1.